The highest BCUT2D eigenvalue weighted by Gasteiger charge is 2.25. The lowest BCUT2D eigenvalue weighted by Crippen LogP contribution is -2.29. The van der Waals surface area contributed by atoms with Crippen molar-refractivity contribution in [1.29, 1.82) is 0 Å². The number of carbonyl (C=O) groups is 3. The first-order valence-corrected chi connectivity index (χ1v) is 10.7. The van der Waals surface area contributed by atoms with Gasteiger partial charge >= 0.3 is 0 Å². The number of aromatic nitrogens is 2. The number of nitrogens with zero attached hydrogens (tertiary/aromatic N) is 2. The summed E-state index contributed by atoms with van der Waals surface area (Å²) in [7, 11) is 0. The zero-order valence-corrected chi connectivity index (χ0v) is 18.1. The monoisotopic (exact) mass is 465 g/mol. The number of imide groups is 1. The molecule has 0 saturated carbocycles. The molecule has 1 aliphatic heterocycles. The van der Waals surface area contributed by atoms with E-state index in [1.54, 1.807) is 42.5 Å². The molecule has 3 N–H and O–H groups in total. The Balaban J connectivity index is 1.43. The summed E-state index contributed by atoms with van der Waals surface area (Å²) in [5, 5.41) is 7.59. The van der Waals surface area contributed by atoms with Crippen LogP contribution in [0, 0.1) is 0 Å². The maximum absolute atomic E-state index is 12.1. The summed E-state index contributed by atoms with van der Waals surface area (Å²) in [6, 6.07) is 14.0. The largest absolute Gasteiger partial charge is 0.469 e. The Morgan fingerprint density at radius 3 is 2.70 bits per heavy atom. The van der Waals surface area contributed by atoms with Gasteiger partial charge in [0.15, 0.2) is 0 Å². The van der Waals surface area contributed by atoms with Gasteiger partial charge in [-0.2, -0.15) is 4.98 Å². The fourth-order valence-electron chi connectivity index (χ4n) is 2.81. The fraction of sp³-hybridized carbons (Fsp3) is 0.136. The minimum Gasteiger partial charge on any atom is -0.469 e. The molecular formula is C22H19N5O5S. The maximum Gasteiger partial charge on any atom is 0.290 e. The average Bonchev–Trinajstić information content (AvgIpc) is 3.45. The van der Waals surface area contributed by atoms with E-state index in [2.05, 4.69) is 25.9 Å². The SMILES string of the molecule is O=C1NC(=O)C(=Cc2cc(OCc3ccco3)nc(NCCNC(=O)c3ccccc3)n2)S1. The number of benzene rings is 1. The number of amides is 3. The molecule has 0 radical (unpaired) electrons. The van der Waals surface area contributed by atoms with Crippen LogP contribution in [-0.2, 0) is 11.4 Å². The van der Waals surface area contributed by atoms with Crippen LogP contribution in [0.25, 0.3) is 6.08 Å². The first kappa shape index (κ1) is 22.1. The van der Waals surface area contributed by atoms with Gasteiger partial charge in [-0.25, -0.2) is 4.98 Å². The van der Waals surface area contributed by atoms with E-state index in [1.165, 1.54) is 12.3 Å². The summed E-state index contributed by atoms with van der Waals surface area (Å²) in [6.07, 6.45) is 3.02. The van der Waals surface area contributed by atoms with Crippen molar-refractivity contribution in [2.45, 2.75) is 6.61 Å². The van der Waals surface area contributed by atoms with Gasteiger partial charge in [-0.1, -0.05) is 18.2 Å². The van der Waals surface area contributed by atoms with Gasteiger partial charge in [-0.15, -0.1) is 0 Å². The van der Waals surface area contributed by atoms with Crippen LogP contribution in [0.3, 0.4) is 0 Å². The molecular weight excluding hydrogens is 446 g/mol. The number of ether oxygens (including phenoxy) is 1. The van der Waals surface area contributed by atoms with Gasteiger partial charge in [0.25, 0.3) is 17.1 Å². The number of anilines is 1. The van der Waals surface area contributed by atoms with Gasteiger partial charge in [-0.05, 0) is 42.1 Å². The maximum atomic E-state index is 12.1. The second kappa shape index (κ2) is 10.5. The Morgan fingerprint density at radius 1 is 1.12 bits per heavy atom. The summed E-state index contributed by atoms with van der Waals surface area (Å²) >= 11 is 0.792. The highest BCUT2D eigenvalue weighted by atomic mass is 32.2. The Labute approximate surface area is 192 Å². The molecule has 1 aromatic carbocycles. The third-order valence-corrected chi connectivity index (χ3v) is 5.13. The zero-order chi connectivity index (χ0) is 23.0. The molecule has 0 atom stereocenters. The molecule has 10 nitrogen and oxygen atoms in total. The Hall–Kier alpha value is -4.12. The van der Waals surface area contributed by atoms with E-state index < -0.39 is 11.1 Å². The molecule has 3 aromatic rings. The molecule has 0 spiro atoms. The number of hydrogen-bond acceptors (Lipinski definition) is 9. The van der Waals surface area contributed by atoms with Crippen molar-refractivity contribution in [3.8, 4) is 5.88 Å². The van der Waals surface area contributed by atoms with Crippen molar-refractivity contribution in [1.82, 2.24) is 20.6 Å². The Kier molecular flexibility index (Phi) is 7.00. The molecule has 1 fully saturated rings. The average molecular weight is 465 g/mol. The number of carbonyl (C=O) groups excluding carboxylic acids is 3. The molecule has 2 aromatic heterocycles. The van der Waals surface area contributed by atoms with Crippen LogP contribution in [0.15, 0.2) is 64.1 Å². The van der Waals surface area contributed by atoms with Gasteiger partial charge < -0.3 is 19.8 Å². The lowest BCUT2D eigenvalue weighted by molar-refractivity contribution is -0.115. The number of furan rings is 1. The predicted molar refractivity (Wildman–Crippen MR) is 121 cm³/mol. The molecule has 0 aliphatic carbocycles. The molecule has 1 aliphatic rings. The fourth-order valence-corrected chi connectivity index (χ4v) is 3.47. The smallest absolute Gasteiger partial charge is 0.290 e. The second-order valence-corrected chi connectivity index (χ2v) is 7.74. The van der Waals surface area contributed by atoms with Crippen molar-refractivity contribution < 1.29 is 23.5 Å². The van der Waals surface area contributed by atoms with Gasteiger partial charge in [0.1, 0.15) is 12.4 Å². The summed E-state index contributed by atoms with van der Waals surface area (Å²) in [6.45, 7) is 0.835. The highest BCUT2D eigenvalue weighted by Crippen LogP contribution is 2.26. The van der Waals surface area contributed by atoms with Crippen LogP contribution in [0.1, 0.15) is 21.8 Å². The van der Waals surface area contributed by atoms with Gasteiger partial charge in [-0.3, -0.25) is 19.7 Å². The molecule has 168 valence electrons. The molecule has 33 heavy (non-hydrogen) atoms. The normalized spacial score (nSPS) is 14.2. The summed E-state index contributed by atoms with van der Waals surface area (Å²) in [4.78, 5) is 44.3. The van der Waals surface area contributed by atoms with E-state index in [9.17, 15) is 14.4 Å². The van der Waals surface area contributed by atoms with Crippen molar-refractivity contribution in [3.05, 3.63) is 76.7 Å². The molecule has 3 heterocycles. The van der Waals surface area contributed by atoms with E-state index in [4.69, 9.17) is 9.15 Å². The minimum absolute atomic E-state index is 0.153. The molecule has 1 saturated heterocycles. The van der Waals surface area contributed by atoms with E-state index in [-0.39, 0.29) is 29.2 Å². The van der Waals surface area contributed by atoms with Crippen molar-refractivity contribution in [3.63, 3.8) is 0 Å². The van der Waals surface area contributed by atoms with Gasteiger partial charge in [0.2, 0.25) is 11.8 Å². The van der Waals surface area contributed by atoms with E-state index in [0.29, 0.717) is 30.1 Å². The van der Waals surface area contributed by atoms with Crippen LogP contribution in [0.2, 0.25) is 0 Å². The number of rotatable bonds is 9. The third kappa shape index (κ3) is 6.20. The van der Waals surface area contributed by atoms with Crippen LogP contribution in [0.4, 0.5) is 10.7 Å². The number of nitrogens with one attached hydrogen (secondary N) is 3. The van der Waals surface area contributed by atoms with Crippen LogP contribution in [-0.4, -0.2) is 40.1 Å². The molecule has 4 rings (SSSR count). The van der Waals surface area contributed by atoms with Gasteiger partial charge in [0, 0.05) is 24.7 Å². The van der Waals surface area contributed by atoms with E-state index >= 15 is 0 Å². The molecule has 0 bridgehead atoms. The lowest BCUT2D eigenvalue weighted by Gasteiger charge is -2.10. The molecule has 11 heteroatoms. The lowest BCUT2D eigenvalue weighted by atomic mass is 10.2. The number of thioether (sulfide) groups is 1. The Bertz CT molecular complexity index is 1180. The standard InChI is InChI=1S/C22H19N5O5S/c28-19(14-5-2-1-3-6-14)23-8-9-24-21-25-15(11-17-20(29)27-22(30)33-17)12-18(26-21)32-13-16-7-4-10-31-16/h1-7,10-12H,8-9,13H2,(H,23,28)(H,24,25,26)(H,27,29,30). The molecule has 3 amide bonds. The summed E-state index contributed by atoms with van der Waals surface area (Å²) < 4.78 is 10.9. The van der Waals surface area contributed by atoms with E-state index in [0.717, 1.165) is 11.8 Å². The third-order valence-electron chi connectivity index (χ3n) is 4.32. The summed E-state index contributed by atoms with van der Waals surface area (Å²) in [5.74, 6) is 0.428. The number of hydrogen-bond donors (Lipinski definition) is 3. The minimum atomic E-state index is -0.486. The topological polar surface area (TPSA) is 135 Å². The van der Waals surface area contributed by atoms with Crippen LogP contribution >= 0.6 is 11.8 Å². The van der Waals surface area contributed by atoms with E-state index in [1.807, 2.05) is 6.07 Å². The van der Waals surface area contributed by atoms with Crippen LogP contribution < -0.4 is 20.7 Å². The van der Waals surface area contributed by atoms with Crippen molar-refractivity contribution >= 4 is 40.8 Å². The van der Waals surface area contributed by atoms with Crippen molar-refractivity contribution in [2.24, 2.45) is 0 Å². The second-order valence-electron chi connectivity index (χ2n) is 6.72. The highest BCUT2D eigenvalue weighted by molar-refractivity contribution is 8.18. The summed E-state index contributed by atoms with van der Waals surface area (Å²) in [5.41, 5.74) is 0.945. The first-order chi connectivity index (χ1) is 16.1. The quantitative estimate of drug-likeness (QED) is 0.322. The van der Waals surface area contributed by atoms with Crippen LogP contribution in [0.5, 0.6) is 5.88 Å². The molecule has 0 unspecified atom stereocenters. The first-order valence-electron chi connectivity index (χ1n) is 9.93. The Morgan fingerprint density at radius 2 is 1.97 bits per heavy atom. The predicted octanol–water partition coefficient (Wildman–Crippen LogP) is 2.81. The van der Waals surface area contributed by atoms with Gasteiger partial charge in [0.05, 0.1) is 16.9 Å². The van der Waals surface area contributed by atoms with Crippen molar-refractivity contribution in [2.75, 3.05) is 18.4 Å². The zero-order valence-electron chi connectivity index (χ0n) is 17.2.